The van der Waals surface area contributed by atoms with Gasteiger partial charge in [-0.2, -0.15) is 0 Å². The lowest BCUT2D eigenvalue weighted by Crippen LogP contribution is -2.33. The second kappa shape index (κ2) is 5.74. The second-order valence-corrected chi connectivity index (χ2v) is 4.78. The molecule has 20 heavy (non-hydrogen) atoms. The molecular weight excluding hydrogens is 259 g/mol. The first-order valence-electron chi connectivity index (χ1n) is 6.30. The van der Waals surface area contributed by atoms with Gasteiger partial charge in [0.25, 0.3) is 0 Å². The maximum Gasteiger partial charge on any atom is 0.227 e. The van der Waals surface area contributed by atoms with Crippen molar-refractivity contribution in [2.75, 3.05) is 18.0 Å². The van der Waals surface area contributed by atoms with Crippen LogP contribution in [0.15, 0.2) is 18.2 Å². The molecule has 1 heterocycles. The maximum atomic E-state index is 13.9. The number of nitrogens with one attached hydrogen (secondary N) is 1. The van der Waals surface area contributed by atoms with Crippen LogP contribution in [-0.2, 0) is 9.59 Å². The number of rotatable bonds is 3. The third-order valence-corrected chi connectivity index (χ3v) is 3.25. The molecule has 5 heteroatoms. The van der Waals surface area contributed by atoms with Crippen molar-refractivity contribution in [1.82, 2.24) is 5.32 Å². The molecule has 2 amide bonds. The number of hydrogen-bond acceptors (Lipinski definition) is 2. The Labute approximate surface area is 117 Å². The van der Waals surface area contributed by atoms with Crippen molar-refractivity contribution in [1.29, 1.82) is 0 Å². The minimum absolute atomic E-state index is 0.0731. The third kappa shape index (κ3) is 2.80. The molecule has 1 aliphatic rings. The molecule has 1 atom stereocenters. The highest BCUT2D eigenvalue weighted by Gasteiger charge is 2.35. The van der Waals surface area contributed by atoms with Crippen molar-refractivity contribution < 1.29 is 14.0 Å². The van der Waals surface area contributed by atoms with Crippen LogP contribution in [0.2, 0.25) is 0 Å². The lowest BCUT2D eigenvalue weighted by Gasteiger charge is -2.17. The number of benzene rings is 1. The molecule has 1 aromatic carbocycles. The zero-order chi connectivity index (χ0) is 14.7. The van der Waals surface area contributed by atoms with Crippen LogP contribution in [0.4, 0.5) is 10.1 Å². The van der Waals surface area contributed by atoms with Crippen LogP contribution in [0.25, 0.3) is 0 Å². The number of amides is 2. The van der Waals surface area contributed by atoms with Crippen molar-refractivity contribution in [3.63, 3.8) is 0 Å². The van der Waals surface area contributed by atoms with Crippen LogP contribution in [-0.4, -0.2) is 24.9 Å². The molecule has 2 rings (SSSR count). The van der Waals surface area contributed by atoms with E-state index in [2.05, 4.69) is 11.2 Å². The van der Waals surface area contributed by atoms with Gasteiger partial charge < -0.3 is 10.2 Å². The van der Waals surface area contributed by atoms with E-state index < -0.39 is 11.7 Å². The average molecular weight is 274 g/mol. The summed E-state index contributed by atoms with van der Waals surface area (Å²) in [7, 11) is 0. The zero-order valence-electron chi connectivity index (χ0n) is 11.1. The summed E-state index contributed by atoms with van der Waals surface area (Å²) in [4.78, 5) is 25.0. The monoisotopic (exact) mass is 274 g/mol. The first kappa shape index (κ1) is 14.1. The molecule has 1 aromatic rings. The second-order valence-electron chi connectivity index (χ2n) is 4.78. The Balaban J connectivity index is 2.13. The number of carbonyl (C=O) groups excluding carboxylic acids is 2. The Morgan fingerprint density at radius 3 is 3.00 bits per heavy atom. The minimum atomic E-state index is -0.489. The lowest BCUT2D eigenvalue weighted by molar-refractivity contribution is -0.126. The van der Waals surface area contributed by atoms with E-state index in [9.17, 15) is 14.0 Å². The summed E-state index contributed by atoms with van der Waals surface area (Å²) in [5.74, 6) is 0.828. The van der Waals surface area contributed by atoms with Crippen molar-refractivity contribution in [3.8, 4) is 12.3 Å². The van der Waals surface area contributed by atoms with Gasteiger partial charge in [0.2, 0.25) is 11.8 Å². The molecule has 0 aromatic heterocycles. The summed E-state index contributed by atoms with van der Waals surface area (Å²) >= 11 is 0. The van der Waals surface area contributed by atoms with E-state index in [1.54, 1.807) is 19.1 Å². The highest BCUT2D eigenvalue weighted by atomic mass is 19.1. The molecule has 1 saturated heterocycles. The predicted octanol–water partition coefficient (Wildman–Crippen LogP) is 1.24. The van der Waals surface area contributed by atoms with Gasteiger partial charge in [0.1, 0.15) is 5.82 Å². The molecular formula is C15H15FN2O2. The Bertz CT molecular complexity index is 592. The number of terminal acetylenes is 1. The van der Waals surface area contributed by atoms with Gasteiger partial charge in [0.15, 0.2) is 0 Å². The van der Waals surface area contributed by atoms with Gasteiger partial charge in [-0.15, -0.1) is 6.42 Å². The van der Waals surface area contributed by atoms with Crippen LogP contribution in [0, 0.1) is 31.0 Å². The van der Waals surface area contributed by atoms with E-state index in [0.29, 0.717) is 0 Å². The number of halogens is 1. The summed E-state index contributed by atoms with van der Waals surface area (Å²) in [6.07, 6.45) is 5.14. The Hall–Kier alpha value is -2.35. The number of anilines is 1. The van der Waals surface area contributed by atoms with Crippen molar-refractivity contribution in [2.45, 2.75) is 13.3 Å². The van der Waals surface area contributed by atoms with Crippen LogP contribution >= 0.6 is 0 Å². The summed E-state index contributed by atoms with van der Waals surface area (Å²) < 4.78 is 13.9. The maximum absolute atomic E-state index is 13.9. The summed E-state index contributed by atoms with van der Waals surface area (Å²) in [5, 5.41) is 2.54. The molecule has 1 aliphatic heterocycles. The molecule has 0 saturated carbocycles. The van der Waals surface area contributed by atoms with Gasteiger partial charge in [0.05, 0.1) is 18.2 Å². The predicted molar refractivity (Wildman–Crippen MR) is 73.4 cm³/mol. The molecule has 0 radical (unpaired) electrons. The number of aryl methyl sites for hydroxylation is 1. The standard InChI is InChI=1S/C15H15FN2O2/c1-3-6-17-15(20)11-8-14(19)18(9-11)13-5-4-10(2)7-12(13)16/h1,4-5,7,11H,6,8-9H2,2H3,(H,17,20). The van der Waals surface area contributed by atoms with E-state index >= 15 is 0 Å². The van der Waals surface area contributed by atoms with E-state index in [1.807, 2.05) is 0 Å². The molecule has 0 spiro atoms. The number of carbonyl (C=O) groups is 2. The van der Waals surface area contributed by atoms with E-state index in [4.69, 9.17) is 6.42 Å². The molecule has 104 valence electrons. The Morgan fingerprint density at radius 2 is 2.35 bits per heavy atom. The fraction of sp³-hybridized carbons (Fsp3) is 0.333. The third-order valence-electron chi connectivity index (χ3n) is 3.25. The highest BCUT2D eigenvalue weighted by Crippen LogP contribution is 2.28. The first-order valence-corrected chi connectivity index (χ1v) is 6.30. The van der Waals surface area contributed by atoms with Crippen LogP contribution in [0.3, 0.4) is 0 Å². The lowest BCUT2D eigenvalue weighted by atomic mass is 10.1. The van der Waals surface area contributed by atoms with Crippen molar-refractivity contribution >= 4 is 17.5 Å². The molecule has 0 bridgehead atoms. The van der Waals surface area contributed by atoms with Crippen LogP contribution in [0.1, 0.15) is 12.0 Å². The van der Waals surface area contributed by atoms with Crippen molar-refractivity contribution in [3.05, 3.63) is 29.6 Å². The van der Waals surface area contributed by atoms with Crippen LogP contribution in [0.5, 0.6) is 0 Å². The molecule has 4 nitrogen and oxygen atoms in total. The van der Waals surface area contributed by atoms with E-state index in [0.717, 1.165) is 5.56 Å². The van der Waals surface area contributed by atoms with E-state index in [1.165, 1.54) is 11.0 Å². The zero-order valence-corrected chi connectivity index (χ0v) is 11.1. The van der Waals surface area contributed by atoms with Crippen LogP contribution < -0.4 is 10.2 Å². The normalized spacial score (nSPS) is 17.9. The highest BCUT2D eigenvalue weighted by molar-refractivity contribution is 6.00. The summed E-state index contributed by atoms with van der Waals surface area (Å²) in [5.41, 5.74) is 0.994. The topological polar surface area (TPSA) is 49.4 Å². The largest absolute Gasteiger partial charge is 0.345 e. The molecule has 1 fully saturated rings. The molecule has 1 unspecified atom stereocenters. The number of nitrogens with zero attached hydrogens (tertiary/aromatic N) is 1. The van der Waals surface area contributed by atoms with Gasteiger partial charge in [-0.25, -0.2) is 4.39 Å². The van der Waals surface area contributed by atoms with Gasteiger partial charge in [-0.05, 0) is 24.6 Å². The minimum Gasteiger partial charge on any atom is -0.345 e. The first-order chi connectivity index (χ1) is 9.52. The Morgan fingerprint density at radius 1 is 1.60 bits per heavy atom. The molecule has 1 N–H and O–H groups in total. The molecule has 0 aliphatic carbocycles. The average Bonchev–Trinajstić information content (AvgIpc) is 2.78. The van der Waals surface area contributed by atoms with E-state index in [-0.39, 0.29) is 37.0 Å². The van der Waals surface area contributed by atoms with Gasteiger partial charge in [-0.3, -0.25) is 9.59 Å². The fourth-order valence-corrected chi connectivity index (χ4v) is 2.23. The fourth-order valence-electron chi connectivity index (χ4n) is 2.23. The smallest absolute Gasteiger partial charge is 0.227 e. The van der Waals surface area contributed by atoms with Gasteiger partial charge >= 0.3 is 0 Å². The SMILES string of the molecule is C#CCNC(=O)C1CC(=O)N(c2ccc(C)cc2F)C1. The quantitative estimate of drug-likeness (QED) is 0.843. The summed E-state index contributed by atoms with van der Waals surface area (Å²) in [6.45, 7) is 2.08. The van der Waals surface area contributed by atoms with Crippen molar-refractivity contribution in [2.24, 2.45) is 5.92 Å². The van der Waals surface area contributed by atoms with Gasteiger partial charge in [-0.1, -0.05) is 12.0 Å². The van der Waals surface area contributed by atoms with Gasteiger partial charge in [0, 0.05) is 13.0 Å². The number of hydrogen-bond donors (Lipinski definition) is 1. The Kier molecular flexibility index (Phi) is 4.04. The summed E-state index contributed by atoms with van der Waals surface area (Å²) in [6, 6.07) is 4.66.